The number of hydrogen-bond acceptors (Lipinski definition) is 3. The molecule has 0 spiro atoms. The Morgan fingerprint density at radius 2 is 2.04 bits per heavy atom. The number of benzene rings is 1. The molecular weight excluding hydrogens is 304 g/mol. The van der Waals surface area contributed by atoms with Gasteiger partial charge in [-0.1, -0.05) is 0 Å². The number of rotatable bonds is 4. The van der Waals surface area contributed by atoms with Crippen molar-refractivity contribution in [1.82, 2.24) is 5.32 Å². The van der Waals surface area contributed by atoms with Crippen molar-refractivity contribution in [3.63, 3.8) is 0 Å². The summed E-state index contributed by atoms with van der Waals surface area (Å²) in [7, 11) is 0. The zero-order chi connectivity index (χ0) is 17.6. The van der Waals surface area contributed by atoms with Crippen molar-refractivity contribution in [2.45, 2.75) is 38.8 Å². The first-order valence-corrected chi connectivity index (χ1v) is 6.81. The van der Waals surface area contributed by atoms with E-state index in [1.54, 1.807) is 20.8 Å². The molecule has 122 valence electrons. The van der Waals surface area contributed by atoms with E-state index in [0.29, 0.717) is 0 Å². The van der Waals surface area contributed by atoms with Crippen LogP contribution in [0, 0.1) is 24.0 Å². The lowest BCUT2D eigenvalue weighted by atomic mass is 9.97. The predicted molar refractivity (Wildman–Crippen MR) is 82.1 cm³/mol. The number of amides is 1. The molecule has 0 bridgehead atoms. The first-order chi connectivity index (χ1) is 10.7. The Bertz CT molecular complexity index is 680. The Balaban J connectivity index is 3.12. The second-order valence-electron chi connectivity index (χ2n) is 5.75. The van der Waals surface area contributed by atoms with Gasteiger partial charge in [-0.05, 0) is 39.0 Å². The summed E-state index contributed by atoms with van der Waals surface area (Å²) in [6.45, 7) is 4.97. The summed E-state index contributed by atoms with van der Waals surface area (Å²) < 4.78 is 32.2. The van der Waals surface area contributed by atoms with E-state index in [0.717, 1.165) is 18.2 Å². The number of carbonyl (C=O) groups is 1. The Hall–Kier alpha value is -2.64. The molecule has 1 atom stereocenters. The van der Waals surface area contributed by atoms with Crippen LogP contribution in [0.5, 0.6) is 0 Å². The SMILES string of the molecule is C#CCC(NC(=O)OC(C)(C)C)C(=C=O)c1cc(F)ccc1F. The number of halogens is 2. The van der Waals surface area contributed by atoms with Crippen molar-refractivity contribution in [2.75, 3.05) is 0 Å². The molecule has 6 heteroatoms. The zero-order valence-electron chi connectivity index (χ0n) is 13.1. The first kappa shape index (κ1) is 18.4. The Kier molecular flexibility index (Phi) is 6.06. The highest BCUT2D eigenvalue weighted by molar-refractivity contribution is 5.92. The Morgan fingerprint density at radius 3 is 2.57 bits per heavy atom. The first-order valence-electron chi connectivity index (χ1n) is 6.81. The molecule has 0 saturated heterocycles. The minimum absolute atomic E-state index is 0.111. The number of terminal acetylenes is 1. The predicted octanol–water partition coefficient (Wildman–Crippen LogP) is 3.10. The van der Waals surface area contributed by atoms with Crippen molar-refractivity contribution in [1.29, 1.82) is 0 Å². The number of ether oxygens (including phenoxy) is 1. The number of carbonyl (C=O) groups excluding carboxylic acids is 2. The fourth-order valence-corrected chi connectivity index (χ4v) is 1.81. The molecule has 4 nitrogen and oxygen atoms in total. The van der Waals surface area contributed by atoms with Gasteiger partial charge >= 0.3 is 6.09 Å². The molecule has 0 saturated carbocycles. The van der Waals surface area contributed by atoms with Crippen LogP contribution < -0.4 is 5.32 Å². The molecule has 0 radical (unpaired) electrons. The maximum absolute atomic E-state index is 13.9. The second-order valence-corrected chi connectivity index (χ2v) is 5.75. The molecule has 1 aromatic rings. The monoisotopic (exact) mass is 321 g/mol. The van der Waals surface area contributed by atoms with E-state index in [9.17, 15) is 18.4 Å². The van der Waals surface area contributed by atoms with E-state index in [4.69, 9.17) is 11.2 Å². The van der Waals surface area contributed by atoms with Gasteiger partial charge in [0.25, 0.3) is 0 Å². The van der Waals surface area contributed by atoms with E-state index >= 15 is 0 Å². The molecule has 1 amide bonds. The highest BCUT2D eigenvalue weighted by Crippen LogP contribution is 2.22. The van der Waals surface area contributed by atoms with Gasteiger partial charge in [-0.25, -0.2) is 18.4 Å². The van der Waals surface area contributed by atoms with Crippen molar-refractivity contribution in [3.8, 4) is 12.3 Å². The quantitative estimate of drug-likeness (QED) is 0.685. The topological polar surface area (TPSA) is 55.4 Å². The highest BCUT2D eigenvalue weighted by Gasteiger charge is 2.25. The molecule has 0 aliphatic carbocycles. The van der Waals surface area contributed by atoms with Gasteiger partial charge in [-0.2, -0.15) is 0 Å². The molecular formula is C17H17F2NO3. The second kappa shape index (κ2) is 7.57. The minimum Gasteiger partial charge on any atom is -0.444 e. The molecule has 1 rings (SSSR count). The molecule has 0 heterocycles. The van der Waals surface area contributed by atoms with Crippen LogP contribution in [0.3, 0.4) is 0 Å². The molecule has 1 unspecified atom stereocenters. The van der Waals surface area contributed by atoms with Gasteiger partial charge in [0.1, 0.15) is 23.2 Å². The summed E-state index contributed by atoms with van der Waals surface area (Å²) in [6, 6.07) is 1.58. The lowest BCUT2D eigenvalue weighted by molar-refractivity contribution is 0.0517. The highest BCUT2D eigenvalue weighted by atomic mass is 19.1. The third kappa shape index (κ3) is 5.57. The Labute approximate surface area is 133 Å². The van der Waals surface area contributed by atoms with Crippen LogP contribution in [0.15, 0.2) is 18.2 Å². The summed E-state index contributed by atoms with van der Waals surface area (Å²) in [5.41, 5.74) is -1.36. The number of alkyl carbamates (subject to hydrolysis) is 1. The van der Waals surface area contributed by atoms with Crippen molar-refractivity contribution >= 4 is 17.6 Å². The molecule has 0 aliphatic heterocycles. The fourth-order valence-electron chi connectivity index (χ4n) is 1.81. The van der Waals surface area contributed by atoms with E-state index in [2.05, 4.69) is 11.2 Å². The molecule has 0 fully saturated rings. The van der Waals surface area contributed by atoms with Crippen molar-refractivity contribution in [3.05, 3.63) is 35.4 Å². The summed E-state index contributed by atoms with van der Waals surface area (Å²) in [5.74, 6) is 2.25. The zero-order valence-corrected chi connectivity index (χ0v) is 13.1. The maximum Gasteiger partial charge on any atom is 0.408 e. The van der Waals surface area contributed by atoms with Gasteiger partial charge in [-0.3, -0.25) is 0 Å². The van der Waals surface area contributed by atoms with Crippen molar-refractivity contribution < 1.29 is 23.1 Å². The lowest BCUT2D eigenvalue weighted by Gasteiger charge is -2.23. The van der Waals surface area contributed by atoms with Gasteiger partial charge in [-0.15, -0.1) is 12.3 Å². The molecule has 23 heavy (non-hydrogen) atoms. The van der Waals surface area contributed by atoms with Crippen LogP contribution >= 0.6 is 0 Å². The third-order valence-electron chi connectivity index (χ3n) is 2.69. The van der Waals surface area contributed by atoms with Gasteiger partial charge in [0.15, 0.2) is 0 Å². The van der Waals surface area contributed by atoms with Gasteiger partial charge in [0, 0.05) is 12.0 Å². The van der Waals surface area contributed by atoms with Gasteiger partial charge < -0.3 is 10.1 Å². The van der Waals surface area contributed by atoms with Crippen LogP contribution in [0.1, 0.15) is 32.8 Å². The van der Waals surface area contributed by atoms with Crippen molar-refractivity contribution in [2.24, 2.45) is 0 Å². The summed E-state index contributed by atoms with van der Waals surface area (Å²) in [4.78, 5) is 23.1. The average Bonchev–Trinajstić information content (AvgIpc) is 2.41. The maximum atomic E-state index is 13.9. The standard InChI is InChI=1S/C17H17F2NO3/c1-5-6-15(20-16(22)23-17(2,3)4)13(10-21)12-9-11(18)7-8-14(12)19/h1,7-9,15H,6H2,2-4H3,(H,20,22). The summed E-state index contributed by atoms with van der Waals surface area (Å²) >= 11 is 0. The van der Waals surface area contributed by atoms with Crippen LogP contribution in [0.2, 0.25) is 0 Å². The lowest BCUT2D eigenvalue weighted by Crippen LogP contribution is -2.40. The minimum atomic E-state index is -1.05. The summed E-state index contributed by atoms with van der Waals surface area (Å²) in [6.07, 6.45) is 4.28. The van der Waals surface area contributed by atoms with Crippen LogP contribution in [0.4, 0.5) is 13.6 Å². The Morgan fingerprint density at radius 1 is 1.39 bits per heavy atom. The van der Waals surface area contributed by atoms with Crippen LogP contribution in [-0.2, 0) is 9.53 Å². The van der Waals surface area contributed by atoms with E-state index < -0.39 is 29.4 Å². The largest absolute Gasteiger partial charge is 0.444 e. The van der Waals surface area contributed by atoms with E-state index in [1.165, 1.54) is 5.94 Å². The average molecular weight is 321 g/mol. The number of hydrogen-bond donors (Lipinski definition) is 1. The molecule has 0 aliphatic rings. The number of nitrogens with one attached hydrogen (secondary N) is 1. The van der Waals surface area contributed by atoms with Gasteiger partial charge in [0.05, 0.1) is 11.6 Å². The molecule has 1 N–H and O–H groups in total. The van der Waals surface area contributed by atoms with E-state index in [1.807, 2.05) is 0 Å². The molecule has 0 aromatic heterocycles. The van der Waals surface area contributed by atoms with Crippen LogP contribution in [-0.4, -0.2) is 23.7 Å². The smallest absolute Gasteiger partial charge is 0.408 e. The van der Waals surface area contributed by atoms with Crippen LogP contribution in [0.25, 0.3) is 5.57 Å². The molecule has 1 aromatic carbocycles. The fraction of sp³-hybridized carbons (Fsp3) is 0.353. The third-order valence-corrected chi connectivity index (χ3v) is 2.69. The summed E-state index contributed by atoms with van der Waals surface area (Å²) in [5, 5.41) is 2.38. The van der Waals surface area contributed by atoms with E-state index in [-0.39, 0.29) is 17.6 Å². The van der Waals surface area contributed by atoms with Gasteiger partial charge in [0.2, 0.25) is 0 Å². The normalized spacial score (nSPS) is 11.8.